The zero-order chi connectivity index (χ0) is 15.0. The van der Waals surface area contributed by atoms with E-state index in [9.17, 15) is 9.90 Å². The van der Waals surface area contributed by atoms with Crippen LogP contribution in [-0.2, 0) is 4.79 Å². The Bertz CT molecular complexity index is 451. The van der Waals surface area contributed by atoms with E-state index in [0.717, 1.165) is 6.42 Å². The van der Waals surface area contributed by atoms with Gasteiger partial charge >= 0.3 is 0 Å². The second-order valence-corrected chi connectivity index (χ2v) is 5.21. The van der Waals surface area contributed by atoms with Crippen molar-refractivity contribution in [2.45, 2.75) is 18.9 Å². The fraction of sp³-hybridized carbons (Fsp3) is 0.400. The lowest BCUT2D eigenvalue weighted by atomic mass is 10.2. The van der Waals surface area contributed by atoms with Gasteiger partial charge in [-0.15, -0.1) is 6.58 Å². The summed E-state index contributed by atoms with van der Waals surface area (Å²) < 4.78 is 0. The summed E-state index contributed by atoms with van der Waals surface area (Å²) >= 11 is 5.85. The molecule has 0 fully saturated rings. The highest BCUT2D eigenvalue weighted by Gasteiger charge is 2.11. The summed E-state index contributed by atoms with van der Waals surface area (Å²) in [7, 11) is 1.80. The molecular weight excluding hydrogens is 276 g/mol. The minimum Gasteiger partial charge on any atom is -0.392 e. The number of halogens is 1. The fourth-order valence-electron chi connectivity index (χ4n) is 1.84. The number of benzene rings is 1. The number of amides is 1. The molecule has 0 saturated carbocycles. The van der Waals surface area contributed by atoms with Crippen LogP contribution >= 0.6 is 11.6 Å². The Hall–Kier alpha value is -1.36. The maximum absolute atomic E-state index is 11.8. The van der Waals surface area contributed by atoms with Gasteiger partial charge in [-0.05, 0) is 38.1 Å². The molecule has 0 aromatic heterocycles. The Morgan fingerprint density at radius 2 is 2.35 bits per heavy atom. The number of aliphatic hydroxyl groups excluding tert-OH is 1. The van der Waals surface area contributed by atoms with E-state index in [1.165, 1.54) is 0 Å². The molecule has 0 saturated heterocycles. The van der Waals surface area contributed by atoms with E-state index in [4.69, 9.17) is 11.6 Å². The van der Waals surface area contributed by atoms with Crippen LogP contribution in [0.25, 0.3) is 0 Å². The van der Waals surface area contributed by atoms with Crippen molar-refractivity contribution in [3.8, 4) is 0 Å². The zero-order valence-electron chi connectivity index (χ0n) is 11.7. The molecule has 0 radical (unpaired) electrons. The summed E-state index contributed by atoms with van der Waals surface area (Å²) in [6, 6.07) is 7.00. The molecule has 0 aliphatic carbocycles. The Morgan fingerprint density at radius 3 is 3.00 bits per heavy atom. The Morgan fingerprint density at radius 1 is 1.60 bits per heavy atom. The van der Waals surface area contributed by atoms with E-state index in [-0.39, 0.29) is 12.5 Å². The van der Waals surface area contributed by atoms with Crippen molar-refractivity contribution >= 4 is 23.2 Å². The first-order valence-electron chi connectivity index (χ1n) is 6.54. The number of carbonyl (C=O) groups excluding carboxylic acids is 1. The van der Waals surface area contributed by atoms with Crippen LogP contribution in [0.3, 0.4) is 0 Å². The quantitative estimate of drug-likeness (QED) is 0.725. The van der Waals surface area contributed by atoms with E-state index >= 15 is 0 Å². The lowest BCUT2D eigenvalue weighted by Crippen LogP contribution is -2.35. The van der Waals surface area contributed by atoms with Crippen molar-refractivity contribution < 1.29 is 9.90 Å². The Kier molecular flexibility index (Phi) is 7.30. The highest BCUT2D eigenvalue weighted by Crippen LogP contribution is 2.14. The van der Waals surface area contributed by atoms with Crippen molar-refractivity contribution in [1.82, 2.24) is 4.90 Å². The van der Waals surface area contributed by atoms with Gasteiger partial charge in [-0.2, -0.15) is 0 Å². The smallest absolute Gasteiger partial charge is 0.238 e. The maximum Gasteiger partial charge on any atom is 0.238 e. The number of likely N-dealkylation sites (N-methyl/N-ethyl adjacent to an activating group) is 1. The molecule has 0 spiro atoms. The molecule has 1 amide bonds. The molecule has 1 aromatic carbocycles. The highest BCUT2D eigenvalue weighted by atomic mass is 35.5. The molecule has 1 atom stereocenters. The summed E-state index contributed by atoms with van der Waals surface area (Å²) in [5, 5.41) is 13.1. The van der Waals surface area contributed by atoms with Crippen molar-refractivity contribution in [1.29, 1.82) is 0 Å². The lowest BCUT2D eigenvalue weighted by molar-refractivity contribution is -0.117. The number of carbonyl (C=O) groups is 1. The number of rotatable bonds is 8. The average Bonchev–Trinajstić information content (AvgIpc) is 2.35. The highest BCUT2D eigenvalue weighted by molar-refractivity contribution is 6.30. The van der Waals surface area contributed by atoms with Gasteiger partial charge in [0.2, 0.25) is 5.91 Å². The molecule has 1 unspecified atom stereocenters. The minimum absolute atomic E-state index is 0.134. The summed E-state index contributed by atoms with van der Waals surface area (Å²) in [6.45, 7) is 4.29. The van der Waals surface area contributed by atoms with Gasteiger partial charge in [0.25, 0.3) is 0 Å². The average molecular weight is 297 g/mol. The predicted octanol–water partition coefficient (Wildman–Crippen LogP) is 2.54. The number of hydrogen-bond acceptors (Lipinski definition) is 3. The molecule has 110 valence electrons. The molecule has 2 N–H and O–H groups in total. The van der Waals surface area contributed by atoms with E-state index in [0.29, 0.717) is 23.7 Å². The maximum atomic E-state index is 11.8. The van der Waals surface area contributed by atoms with Crippen LogP contribution in [0, 0.1) is 0 Å². The lowest BCUT2D eigenvalue weighted by Gasteiger charge is -2.19. The fourth-order valence-corrected chi connectivity index (χ4v) is 2.03. The van der Waals surface area contributed by atoms with Crippen LogP contribution in [0.15, 0.2) is 36.9 Å². The first-order valence-corrected chi connectivity index (χ1v) is 6.92. The van der Waals surface area contributed by atoms with Crippen molar-refractivity contribution in [3.63, 3.8) is 0 Å². The van der Waals surface area contributed by atoms with E-state index in [1.54, 1.807) is 42.3 Å². The molecule has 0 aliphatic rings. The second kappa shape index (κ2) is 8.74. The summed E-state index contributed by atoms with van der Waals surface area (Å²) in [6.07, 6.45) is 2.75. The third-order valence-electron chi connectivity index (χ3n) is 2.75. The van der Waals surface area contributed by atoms with Crippen LogP contribution < -0.4 is 5.32 Å². The van der Waals surface area contributed by atoms with Gasteiger partial charge < -0.3 is 10.4 Å². The van der Waals surface area contributed by atoms with Crippen LogP contribution in [0.2, 0.25) is 5.02 Å². The van der Waals surface area contributed by atoms with Crippen LogP contribution in [0.4, 0.5) is 5.69 Å². The number of aliphatic hydroxyl groups is 1. The normalized spacial score (nSPS) is 12.2. The number of hydrogen-bond donors (Lipinski definition) is 2. The molecule has 4 nitrogen and oxygen atoms in total. The van der Waals surface area contributed by atoms with Crippen molar-refractivity contribution in [2.75, 3.05) is 25.5 Å². The third kappa shape index (κ3) is 6.70. The van der Waals surface area contributed by atoms with Gasteiger partial charge in [0, 0.05) is 17.3 Å². The molecule has 0 heterocycles. The number of allylic oxidation sites excluding steroid dienone is 1. The zero-order valence-corrected chi connectivity index (χ0v) is 12.4. The van der Waals surface area contributed by atoms with Gasteiger partial charge in [-0.25, -0.2) is 0 Å². The van der Waals surface area contributed by atoms with Gasteiger partial charge in [-0.1, -0.05) is 23.7 Å². The topological polar surface area (TPSA) is 52.6 Å². The standard InChI is InChI=1S/C15H21ClN2O2/c1-3-4-8-14(19)10-18(2)11-15(20)17-13-7-5-6-12(16)9-13/h3,5-7,9,14,19H,1,4,8,10-11H2,2H3,(H,17,20). The Labute approximate surface area is 125 Å². The van der Waals surface area contributed by atoms with Crippen LogP contribution in [0.5, 0.6) is 0 Å². The summed E-state index contributed by atoms with van der Waals surface area (Å²) in [5.41, 5.74) is 0.670. The van der Waals surface area contributed by atoms with Crippen molar-refractivity contribution in [3.05, 3.63) is 41.9 Å². The first-order chi connectivity index (χ1) is 9.51. The molecule has 5 heteroatoms. The first kappa shape index (κ1) is 16.7. The summed E-state index contributed by atoms with van der Waals surface area (Å²) in [5.74, 6) is -0.134. The van der Waals surface area contributed by atoms with E-state index in [2.05, 4.69) is 11.9 Å². The van der Waals surface area contributed by atoms with Gasteiger partial charge in [-0.3, -0.25) is 9.69 Å². The number of anilines is 1. The van der Waals surface area contributed by atoms with E-state index in [1.807, 2.05) is 0 Å². The largest absolute Gasteiger partial charge is 0.392 e. The second-order valence-electron chi connectivity index (χ2n) is 4.78. The third-order valence-corrected chi connectivity index (χ3v) is 2.98. The van der Waals surface area contributed by atoms with Crippen molar-refractivity contribution in [2.24, 2.45) is 0 Å². The molecule has 0 aliphatic heterocycles. The molecule has 20 heavy (non-hydrogen) atoms. The molecular formula is C15H21ClN2O2. The monoisotopic (exact) mass is 296 g/mol. The van der Waals surface area contributed by atoms with Gasteiger partial charge in [0.1, 0.15) is 0 Å². The molecule has 0 bridgehead atoms. The van der Waals surface area contributed by atoms with E-state index < -0.39 is 6.10 Å². The molecule has 1 aromatic rings. The minimum atomic E-state index is -0.447. The van der Waals surface area contributed by atoms with Crippen LogP contribution in [0.1, 0.15) is 12.8 Å². The predicted molar refractivity (Wildman–Crippen MR) is 83.0 cm³/mol. The van der Waals surface area contributed by atoms with Gasteiger partial charge in [0.05, 0.1) is 12.6 Å². The SMILES string of the molecule is C=CCCC(O)CN(C)CC(=O)Nc1cccc(Cl)c1. The summed E-state index contributed by atoms with van der Waals surface area (Å²) in [4.78, 5) is 13.6. The van der Waals surface area contributed by atoms with Gasteiger partial charge in [0.15, 0.2) is 0 Å². The number of nitrogens with one attached hydrogen (secondary N) is 1. The van der Waals surface area contributed by atoms with Crippen LogP contribution in [-0.4, -0.2) is 42.2 Å². The molecule has 1 rings (SSSR count). The number of nitrogens with zero attached hydrogens (tertiary/aromatic N) is 1. The Balaban J connectivity index is 2.36.